The minimum Gasteiger partial charge on any atom is -0.273 e. The Hall–Kier alpha value is -1.40. The topological polar surface area (TPSA) is 72.5 Å². The van der Waals surface area contributed by atoms with E-state index in [4.69, 9.17) is 4.84 Å². The van der Waals surface area contributed by atoms with Gasteiger partial charge in [0.25, 0.3) is 0 Å². The van der Waals surface area contributed by atoms with Crippen molar-refractivity contribution >= 4 is 15.7 Å². The van der Waals surface area contributed by atoms with Crippen LogP contribution in [0.25, 0.3) is 0 Å². The van der Waals surface area contributed by atoms with Crippen molar-refractivity contribution < 1.29 is 18.0 Å². The predicted octanol–water partition coefficient (Wildman–Crippen LogP) is 1.06. The summed E-state index contributed by atoms with van der Waals surface area (Å²) in [5, 5.41) is 0. The number of benzene rings is 1. The highest BCUT2D eigenvalue weighted by molar-refractivity contribution is 7.91. The number of rotatable bonds is 5. The summed E-state index contributed by atoms with van der Waals surface area (Å²) in [5.41, 5.74) is 3.32. The van der Waals surface area contributed by atoms with Crippen molar-refractivity contribution in [3.8, 4) is 0 Å². The van der Waals surface area contributed by atoms with Crippen LogP contribution in [0, 0.1) is 5.92 Å². The first-order valence-electron chi connectivity index (χ1n) is 6.20. The van der Waals surface area contributed by atoms with Crippen molar-refractivity contribution in [2.24, 2.45) is 5.92 Å². The SMILES string of the molecule is O=C(CC1CCS(=O)(=O)C1)NOCc1ccccc1. The monoisotopic (exact) mass is 283 g/mol. The van der Waals surface area contributed by atoms with E-state index in [1.54, 1.807) is 0 Å². The average Bonchev–Trinajstić information content (AvgIpc) is 2.70. The van der Waals surface area contributed by atoms with E-state index in [1.807, 2.05) is 30.3 Å². The molecule has 1 aromatic rings. The first-order valence-corrected chi connectivity index (χ1v) is 8.02. The van der Waals surface area contributed by atoms with Crippen LogP contribution < -0.4 is 5.48 Å². The number of amides is 1. The van der Waals surface area contributed by atoms with Crippen LogP contribution in [0.4, 0.5) is 0 Å². The molecular weight excluding hydrogens is 266 g/mol. The third-order valence-electron chi connectivity index (χ3n) is 3.07. The van der Waals surface area contributed by atoms with E-state index >= 15 is 0 Å². The number of hydrogen-bond acceptors (Lipinski definition) is 4. The highest BCUT2D eigenvalue weighted by atomic mass is 32.2. The van der Waals surface area contributed by atoms with Gasteiger partial charge in [0, 0.05) is 6.42 Å². The van der Waals surface area contributed by atoms with Gasteiger partial charge in [0.2, 0.25) is 5.91 Å². The average molecular weight is 283 g/mol. The molecule has 1 heterocycles. The molecule has 1 N–H and O–H groups in total. The number of carbonyl (C=O) groups is 1. The fourth-order valence-corrected chi connectivity index (χ4v) is 3.97. The molecule has 1 aliphatic heterocycles. The van der Waals surface area contributed by atoms with Crippen LogP contribution in [0.3, 0.4) is 0 Å². The second-order valence-corrected chi connectivity index (χ2v) is 7.00. The van der Waals surface area contributed by atoms with E-state index in [9.17, 15) is 13.2 Å². The Morgan fingerprint density at radius 1 is 1.32 bits per heavy atom. The van der Waals surface area contributed by atoms with Gasteiger partial charge >= 0.3 is 0 Å². The molecule has 5 nitrogen and oxygen atoms in total. The van der Waals surface area contributed by atoms with Crippen molar-refractivity contribution in [2.75, 3.05) is 11.5 Å². The van der Waals surface area contributed by atoms with E-state index in [0.29, 0.717) is 13.0 Å². The van der Waals surface area contributed by atoms with E-state index < -0.39 is 9.84 Å². The Labute approximate surface area is 112 Å². The molecule has 0 bridgehead atoms. The van der Waals surface area contributed by atoms with Crippen LogP contribution in [-0.4, -0.2) is 25.8 Å². The predicted molar refractivity (Wildman–Crippen MR) is 70.8 cm³/mol. The van der Waals surface area contributed by atoms with Crippen molar-refractivity contribution in [1.82, 2.24) is 5.48 Å². The van der Waals surface area contributed by atoms with E-state index in [-0.39, 0.29) is 29.8 Å². The molecule has 1 aromatic carbocycles. The molecule has 6 heteroatoms. The quantitative estimate of drug-likeness (QED) is 0.820. The lowest BCUT2D eigenvalue weighted by Gasteiger charge is -2.08. The van der Waals surface area contributed by atoms with Gasteiger partial charge in [-0.25, -0.2) is 13.9 Å². The largest absolute Gasteiger partial charge is 0.273 e. The molecular formula is C13H17NO4S. The summed E-state index contributed by atoms with van der Waals surface area (Å²) in [5.74, 6) is -0.0436. The maximum atomic E-state index is 11.6. The minimum atomic E-state index is -2.93. The summed E-state index contributed by atoms with van der Waals surface area (Å²) in [6, 6.07) is 9.49. The van der Waals surface area contributed by atoms with Crippen molar-refractivity contribution in [3.63, 3.8) is 0 Å². The molecule has 2 rings (SSSR count). The molecule has 104 valence electrons. The smallest absolute Gasteiger partial charge is 0.243 e. The molecule has 1 fully saturated rings. The lowest BCUT2D eigenvalue weighted by molar-refractivity contribution is -0.135. The third kappa shape index (κ3) is 4.65. The Morgan fingerprint density at radius 2 is 2.05 bits per heavy atom. The van der Waals surface area contributed by atoms with Crippen LogP contribution in [0.1, 0.15) is 18.4 Å². The Morgan fingerprint density at radius 3 is 2.68 bits per heavy atom. The van der Waals surface area contributed by atoms with Gasteiger partial charge < -0.3 is 0 Å². The Kier molecular flexibility index (Phi) is 4.55. The Bertz CT molecular complexity index is 527. The molecule has 1 amide bonds. The zero-order chi connectivity index (χ0) is 13.7. The molecule has 1 atom stereocenters. The second-order valence-electron chi connectivity index (χ2n) is 4.77. The van der Waals surface area contributed by atoms with Gasteiger partial charge in [-0.15, -0.1) is 0 Å². The standard InChI is InChI=1S/C13H17NO4S/c15-13(8-12-6-7-19(16,17)10-12)14-18-9-11-4-2-1-3-5-11/h1-5,12H,6-10H2,(H,14,15). The summed E-state index contributed by atoms with van der Waals surface area (Å²) >= 11 is 0. The van der Waals surface area contributed by atoms with Crippen LogP contribution >= 0.6 is 0 Å². The van der Waals surface area contributed by atoms with Crippen molar-refractivity contribution in [3.05, 3.63) is 35.9 Å². The summed E-state index contributed by atoms with van der Waals surface area (Å²) in [7, 11) is -2.93. The zero-order valence-corrected chi connectivity index (χ0v) is 11.4. The number of hydrogen-bond donors (Lipinski definition) is 1. The van der Waals surface area contributed by atoms with E-state index in [2.05, 4.69) is 5.48 Å². The van der Waals surface area contributed by atoms with Crippen LogP contribution in [-0.2, 0) is 26.1 Å². The minimum absolute atomic E-state index is 0.0784. The van der Waals surface area contributed by atoms with Gasteiger partial charge in [0.1, 0.15) is 0 Å². The Balaban J connectivity index is 1.68. The molecule has 0 aromatic heterocycles. The van der Waals surface area contributed by atoms with Crippen LogP contribution in [0.15, 0.2) is 30.3 Å². The molecule has 19 heavy (non-hydrogen) atoms. The highest BCUT2D eigenvalue weighted by Gasteiger charge is 2.29. The normalized spacial score (nSPS) is 21.2. The first kappa shape index (κ1) is 14.0. The van der Waals surface area contributed by atoms with Gasteiger partial charge in [0.15, 0.2) is 9.84 Å². The van der Waals surface area contributed by atoms with E-state index in [0.717, 1.165) is 5.56 Å². The maximum absolute atomic E-state index is 11.6. The molecule has 0 spiro atoms. The molecule has 0 aliphatic carbocycles. The number of carbonyl (C=O) groups excluding carboxylic acids is 1. The van der Waals surface area contributed by atoms with Crippen LogP contribution in [0.5, 0.6) is 0 Å². The maximum Gasteiger partial charge on any atom is 0.243 e. The summed E-state index contributed by atoms with van der Waals surface area (Å²) in [4.78, 5) is 16.7. The van der Waals surface area contributed by atoms with Gasteiger partial charge in [-0.1, -0.05) is 30.3 Å². The number of sulfone groups is 1. The highest BCUT2D eigenvalue weighted by Crippen LogP contribution is 2.21. The number of hydroxylamine groups is 1. The van der Waals surface area contributed by atoms with Crippen molar-refractivity contribution in [2.45, 2.75) is 19.4 Å². The fraction of sp³-hybridized carbons (Fsp3) is 0.462. The van der Waals surface area contributed by atoms with Crippen molar-refractivity contribution in [1.29, 1.82) is 0 Å². The lowest BCUT2D eigenvalue weighted by Crippen LogP contribution is -2.26. The molecule has 1 aliphatic rings. The van der Waals surface area contributed by atoms with Gasteiger partial charge in [-0.2, -0.15) is 0 Å². The summed E-state index contributed by atoms with van der Waals surface area (Å²) < 4.78 is 22.5. The zero-order valence-electron chi connectivity index (χ0n) is 10.5. The molecule has 1 unspecified atom stereocenters. The fourth-order valence-electron chi connectivity index (χ4n) is 2.11. The summed E-state index contributed by atoms with van der Waals surface area (Å²) in [6.07, 6.45) is 0.766. The molecule has 1 saturated heterocycles. The van der Waals surface area contributed by atoms with Gasteiger partial charge in [0.05, 0.1) is 18.1 Å². The summed E-state index contributed by atoms with van der Waals surface area (Å²) in [6.45, 7) is 0.301. The van der Waals surface area contributed by atoms with Gasteiger partial charge in [-0.05, 0) is 17.9 Å². The van der Waals surface area contributed by atoms with Crippen LogP contribution in [0.2, 0.25) is 0 Å². The second kappa shape index (κ2) is 6.16. The first-order chi connectivity index (χ1) is 9.05. The third-order valence-corrected chi connectivity index (χ3v) is 4.91. The number of nitrogens with one attached hydrogen (secondary N) is 1. The van der Waals surface area contributed by atoms with E-state index in [1.165, 1.54) is 0 Å². The van der Waals surface area contributed by atoms with Gasteiger partial charge in [-0.3, -0.25) is 9.63 Å². The lowest BCUT2D eigenvalue weighted by atomic mass is 10.1. The molecule has 0 radical (unpaired) electrons. The molecule has 0 saturated carbocycles.